The minimum absolute atomic E-state index is 0.0328. The van der Waals surface area contributed by atoms with Gasteiger partial charge in [-0.05, 0) is 57.2 Å². The molecule has 7 heteroatoms. The van der Waals surface area contributed by atoms with Crippen molar-refractivity contribution in [3.05, 3.63) is 77.1 Å². The lowest BCUT2D eigenvalue weighted by molar-refractivity contribution is -0.146. The summed E-state index contributed by atoms with van der Waals surface area (Å²) in [5, 5.41) is 7.14. The van der Waals surface area contributed by atoms with Gasteiger partial charge < -0.3 is 10.1 Å². The molecule has 0 aliphatic heterocycles. The van der Waals surface area contributed by atoms with E-state index in [1.54, 1.807) is 28.9 Å². The van der Waals surface area contributed by atoms with Gasteiger partial charge in [0.15, 0.2) is 12.4 Å². The normalized spacial score (nSPS) is 10.5. The van der Waals surface area contributed by atoms with Crippen molar-refractivity contribution in [2.75, 3.05) is 11.9 Å². The van der Waals surface area contributed by atoms with Crippen LogP contribution in [-0.4, -0.2) is 34.0 Å². The molecule has 1 aromatic heterocycles. The zero-order valence-corrected chi connectivity index (χ0v) is 17.1. The summed E-state index contributed by atoms with van der Waals surface area (Å²) in [6, 6.07) is 16.2. The highest BCUT2D eigenvalue weighted by molar-refractivity contribution is 5.96. The van der Waals surface area contributed by atoms with E-state index in [0.717, 1.165) is 22.6 Å². The van der Waals surface area contributed by atoms with Gasteiger partial charge in [-0.25, -0.2) is 4.68 Å². The van der Waals surface area contributed by atoms with E-state index in [2.05, 4.69) is 10.4 Å². The average Bonchev–Trinajstić information content (AvgIpc) is 3.01. The van der Waals surface area contributed by atoms with E-state index >= 15 is 0 Å². The third kappa shape index (κ3) is 5.00. The highest BCUT2D eigenvalue weighted by atomic mass is 16.5. The van der Waals surface area contributed by atoms with Crippen LogP contribution in [0.2, 0.25) is 0 Å². The van der Waals surface area contributed by atoms with Crippen molar-refractivity contribution >= 4 is 23.3 Å². The molecule has 1 amide bonds. The Morgan fingerprint density at radius 1 is 1.00 bits per heavy atom. The van der Waals surface area contributed by atoms with Gasteiger partial charge in [-0.1, -0.05) is 18.2 Å². The number of nitrogens with zero attached hydrogens (tertiary/aromatic N) is 2. The largest absolute Gasteiger partial charge is 0.455 e. The number of carbonyl (C=O) groups is 3. The molecule has 154 valence electrons. The number of benzene rings is 2. The molecule has 0 radical (unpaired) electrons. The molecule has 2 aromatic carbocycles. The van der Waals surface area contributed by atoms with Crippen molar-refractivity contribution in [1.29, 1.82) is 0 Å². The van der Waals surface area contributed by atoms with Crippen LogP contribution >= 0.6 is 0 Å². The third-order valence-electron chi connectivity index (χ3n) is 4.70. The summed E-state index contributed by atoms with van der Waals surface area (Å²) < 4.78 is 6.91. The molecule has 0 saturated heterocycles. The predicted molar refractivity (Wildman–Crippen MR) is 113 cm³/mol. The second-order valence-corrected chi connectivity index (χ2v) is 6.92. The Morgan fingerprint density at radius 3 is 2.30 bits per heavy atom. The first-order valence-electron chi connectivity index (χ1n) is 9.52. The fourth-order valence-corrected chi connectivity index (χ4v) is 3.08. The number of esters is 1. The van der Waals surface area contributed by atoms with Crippen LogP contribution in [0, 0.1) is 13.8 Å². The molecule has 0 saturated carbocycles. The molecule has 3 aromatic rings. The second kappa shape index (κ2) is 9.17. The van der Waals surface area contributed by atoms with E-state index in [0.29, 0.717) is 11.3 Å². The van der Waals surface area contributed by atoms with Gasteiger partial charge in [0.05, 0.1) is 17.8 Å². The van der Waals surface area contributed by atoms with Gasteiger partial charge in [0.1, 0.15) is 0 Å². The van der Waals surface area contributed by atoms with Gasteiger partial charge in [-0.2, -0.15) is 5.10 Å². The van der Waals surface area contributed by atoms with Crippen LogP contribution < -0.4 is 5.32 Å². The Balaban J connectivity index is 1.56. The number of anilines is 1. The molecule has 0 aliphatic rings. The molecule has 0 bridgehead atoms. The van der Waals surface area contributed by atoms with Gasteiger partial charge in [0.25, 0.3) is 5.91 Å². The van der Waals surface area contributed by atoms with Crippen molar-refractivity contribution in [2.24, 2.45) is 0 Å². The summed E-state index contributed by atoms with van der Waals surface area (Å²) in [6.45, 7) is 4.82. The number of ketones is 1. The first-order chi connectivity index (χ1) is 14.3. The molecule has 0 unspecified atom stereocenters. The average molecular weight is 405 g/mol. The molecular weight excluding hydrogens is 382 g/mol. The fourth-order valence-electron chi connectivity index (χ4n) is 3.08. The van der Waals surface area contributed by atoms with Crippen LogP contribution in [0.15, 0.2) is 54.6 Å². The van der Waals surface area contributed by atoms with Gasteiger partial charge >= 0.3 is 5.97 Å². The van der Waals surface area contributed by atoms with E-state index in [1.165, 1.54) is 6.92 Å². The maximum Gasteiger partial charge on any atom is 0.310 e. The van der Waals surface area contributed by atoms with E-state index in [4.69, 9.17) is 4.74 Å². The SMILES string of the molecule is CC(=O)c1ccc(NC(=O)COC(=O)Cc2c(C)nn(-c3ccccc3)c2C)cc1. The summed E-state index contributed by atoms with van der Waals surface area (Å²) in [6.07, 6.45) is 0.0328. The number of amides is 1. The lowest BCUT2D eigenvalue weighted by Gasteiger charge is -2.08. The van der Waals surface area contributed by atoms with Crippen LogP contribution in [0.3, 0.4) is 0 Å². The Kier molecular flexibility index (Phi) is 6.41. The lowest BCUT2D eigenvalue weighted by Crippen LogP contribution is -2.21. The van der Waals surface area contributed by atoms with Gasteiger partial charge in [0, 0.05) is 22.5 Å². The molecule has 7 nitrogen and oxygen atoms in total. The molecule has 1 N–H and O–H groups in total. The van der Waals surface area contributed by atoms with Crippen LogP contribution in [-0.2, 0) is 20.7 Å². The Hall–Kier alpha value is -3.74. The molecular formula is C23H23N3O4. The fraction of sp³-hybridized carbons (Fsp3) is 0.217. The molecule has 0 atom stereocenters. The highest BCUT2D eigenvalue weighted by Crippen LogP contribution is 2.18. The number of aryl methyl sites for hydroxylation is 1. The van der Waals surface area contributed by atoms with Gasteiger partial charge in [-0.15, -0.1) is 0 Å². The molecule has 0 fully saturated rings. The van der Waals surface area contributed by atoms with Crippen LogP contribution in [0.4, 0.5) is 5.69 Å². The quantitative estimate of drug-likeness (QED) is 0.480. The van der Waals surface area contributed by atoms with Crippen LogP contribution in [0.25, 0.3) is 5.69 Å². The molecule has 0 spiro atoms. The number of hydrogen-bond acceptors (Lipinski definition) is 5. The number of Topliss-reactive ketones (excluding diaryl/α,β-unsaturated/α-hetero) is 1. The maximum absolute atomic E-state index is 12.3. The minimum Gasteiger partial charge on any atom is -0.455 e. The Bertz CT molecular complexity index is 1070. The topological polar surface area (TPSA) is 90.3 Å². The minimum atomic E-state index is -0.504. The second-order valence-electron chi connectivity index (χ2n) is 6.92. The number of aromatic nitrogens is 2. The number of carbonyl (C=O) groups excluding carboxylic acids is 3. The first-order valence-corrected chi connectivity index (χ1v) is 9.52. The van der Waals surface area contributed by atoms with E-state index in [9.17, 15) is 14.4 Å². The van der Waals surface area contributed by atoms with Gasteiger partial charge in [-0.3, -0.25) is 14.4 Å². The summed E-state index contributed by atoms with van der Waals surface area (Å²) in [7, 11) is 0. The standard InChI is InChI=1S/C23H23N3O4/c1-15-21(16(2)26(25-15)20-7-5-4-6-8-20)13-23(29)30-14-22(28)24-19-11-9-18(10-12-19)17(3)27/h4-12H,13-14H2,1-3H3,(H,24,28). The van der Waals surface area contributed by atoms with Crippen LogP contribution in [0.1, 0.15) is 34.2 Å². The number of nitrogens with one attached hydrogen (secondary N) is 1. The highest BCUT2D eigenvalue weighted by Gasteiger charge is 2.17. The number of para-hydroxylation sites is 1. The first kappa shape index (κ1) is 21.0. The smallest absolute Gasteiger partial charge is 0.310 e. The third-order valence-corrected chi connectivity index (χ3v) is 4.70. The summed E-state index contributed by atoms with van der Waals surface area (Å²) >= 11 is 0. The van der Waals surface area contributed by atoms with Crippen molar-refractivity contribution in [3.63, 3.8) is 0 Å². The van der Waals surface area contributed by atoms with Crippen LogP contribution in [0.5, 0.6) is 0 Å². The number of rotatable bonds is 7. The lowest BCUT2D eigenvalue weighted by atomic mass is 10.1. The van der Waals surface area contributed by atoms with E-state index in [-0.39, 0.29) is 12.2 Å². The summed E-state index contributed by atoms with van der Waals surface area (Å²) in [5.74, 6) is -1.01. The molecule has 30 heavy (non-hydrogen) atoms. The molecule has 3 rings (SSSR count). The zero-order valence-electron chi connectivity index (χ0n) is 17.1. The molecule has 1 heterocycles. The summed E-state index contributed by atoms with van der Waals surface area (Å²) in [4.78, 5) is 35.6. The molecule has 0 aliphatic carbocycles. The van der Waals surface area contributed by atoms with Crippen molar-refractivity contribution in [2.45, 2.75) is 27.2 Å². The predicted octanol–water partition coefficient (Wildman–Crippen LogP) is 3.42. The Morgan fingerprint density at radius 2 is 1.67 bits per heavy atom. The maximum atomic E-state index is 12.3. The zero-order chi connectivity index (χ0) is 21.7. The Labute approximate surface area is 174 Å². The monoisotopic (exact) mass is 405 g/mol. The van der Waals surface area contributed by atoms with E-state index < -0.39 is 18.5 Å². The van der Waals surface area contributed by atoms with E-state index in [1.807, 2.05) is 44.2 Å². The van der Waals surface area contributed by atoms with Crippen molar-refractivity contribution in [3.8, 4) is 5.69 Å². The van der Waals surface area contributed by atoms with Crippen molar-refractivity contribution in [1.82, 2.24) is 9.78 Å². The van der Waals surface area contributed by atoms with Crippen molar-refractivity contribution < 1.29 is 19.1 Å². The van der Waals surface area contributed by atoms with Gasteiger partial charge in [0.2, 0.25) is 0 Å². The summed E-state index contributed by atoms with van der Waals surface area (Å²) in [5.41, 5.74) is 4.36. The number of hydrogen-bond donors (Lipinski definition) is 1. The number of ether oxygens (including phenoxy) is 1.